The molecule has 0 saturated heterocycles. The predicted molar refractivity (Wildman–Crippen MR) is 47.7 cm³/mol. The van der Waals surface area contributed by atoms with Gasteiger partial charge >= 0.3 is 24.2 Å². The minimum atomic E-state index is -6.47. The van der Waals surface area contributed by atoms with Gasteiger partial charge in [0, 0.05) is 5.57 Å². The highest BCUT2D eigenvalue weighted by Gasteiger charge is 2.74. The number of esters is 1. The second-order valence-electron chi connectivity index (χ2n) is 3.35. The van der Waals surface area contributed by atoms with E-state index in [4.69, 9.17) is 0 Å². The van der Waals surface area contributed by atoms with Crippen molar-refractivity contribution in [3.05, 3.63) is 12.2 Å². The maximum absolute atomic E-state index is 12.5. The molecule has 3 nitrogen and oxygen atoms in total. The number of carbonyl (C=O) groups excluding carboxylic acids is 1. The van der Waals surface area contributed by atoms with Crippen LogP contribution in [0.1, 0.15) is 6.92 Å². The fraction of sp³-hybridized carbons (Fsp3) is 0.667. The van der Waals surface area contributed by atoms with E-state index in [1.807, 2.05) is 0 Å². The van der Waals surface area contributed by atoms with Gasteiger partial charge in [-0.05, 0) is 6.92 Å². The Hall–Kier alpha value is -1.32. The third kappa shape index (κ3) is 4.37. The van der Waals surface area contributed by atoms with Crippen LogP contribution in [0.2, 0.25) is 0 Å². The molecule has 0 aliphatic rings. The molecule has 0 bridgehead atoms. The molecule has 112 valence electrons. The Balaban J connectivity index is 4.40. The van der Waals surface area contributed by atoms with Crippen molar-refractivity contribution >= 4 is 5.97 Å². The lowest BCUT2D eigenvalue weighted by molar-refractivity contribution is -0.424. The van der Waals surface area contributed by atoms with Crippen LogP contribution in [0.5, 0.6) is 0 Å². The first kappa shape index (κ1) is 17.7. The number of rotatable bonds is 6. The highest BCUT2D eigenvalue weighted by molar-refractivity contribution is 5.86. The van der Waals surface area contributed by atoms with Crippen molar-refractivity contribution in [2.45, 2.75) is 25.1 Å². The molecule has 0 aliphatic heterocycles. The van der Waals surface area contributed by atoms with E-state index < -0.39 is 37.4 Å². The van der Waals surface area contributed by atoms with E-state index in [0.29, 0.717) is 0 Å². The van der Waals surface area contributed by atoms with Crippen molar-refractivity contribution in [2.24, 2.45) is 0 Å². The average molecular weight is 298 g/mol. The summed E-state index contributed by atoms with van der Waals surface area (Å²) in [6.45, 7) is 2.08. The highest BCUT2D eigenvalue weighted by atomic mass is 19.4. The first-order chi connectivity index (χ1) is 8.33. The maximum atomic E-state index is 12.5. The number of carbonyl (C=O) groups is 1. The van der Waals surface area contributed by atoms with Gasteiger partial charge in [-0.1, -0.05) is 6.58 Å². The van der Waals surface area contributed by atoms with Gasteiger partial charge in [0.15, 0.2) is 0 Å². The molecule has 0 rings (SSSR count). The Morgan fingerprint density at radius 2 is 1.53 bits per heavy atom. The van der Waals surface area contributed by atoms with Crippen LogP contribution in [-0.4, -0.2) is 37.4 Å². The Bertz CT molecular complexity index is 348. The van der Waals surface area contributed by atoms with Crippen LogP contribution < -0.4 is 0 Å². The number of ether oxygens (including phenoxy) is 2. The van der Waals surface area contributed by atoms with Gasteiger partial charge in [0.1, 0.15) is 6.61 Å². The van der Waals surface area contributed by atoms with Gasteiger partial charge in [-0.15, -0.1) is 0 Å². The minimum Gasteiger partial charge on any atom is -0.460 e. The number of hydrogen-bond donors (Lipinski definition) is 0. The van der Waals surface area contributed by atoms with Gasteiger partial charge in [-0.2, -0.15) is 30.7 Å². The normalized spacial score (nSPS) is 13.3. The smallest absolute Gasteiger partial charge is 0.460 e. The van der Waals surface area contributed by atoms with E-state index in [1.54, 1.807) is 0 Å². The largest absolute Gasteiger partial charge is 0.462 e. The quantitative estimate of drug-likeness (QED) is 0.327. The summed E-state index contributed by atoms with van der Waals surface area (Å²) in [7, 11) is 0. The maximum Gasteiger partial charge on any atom is 0.462 e. The molecular formula is C9H9F7O3. The van der Waals surface area contributed by atoms with Gasteiger partial charge in [-0.25, -0.2) is 4.79 Å². The first-order valence-corrected chi connectivity index (χ1v) is 4.62. The van der Waals surface area contributed by atoms with Gasteiger partial charge < -0.3 is 9.47 Å². The Kier molecular flexibility index (Phi) is 5.36. The molecule has 0 unspecified atom stereocenters. The molecule has 10 heteroatoms. The summed E-state index contributed by atoms with van der Waals surface area (Å²) in [5.41, 5.74) is -0.104. The highest BCUT2D eigenvalue weighted by Crippen LogP contribution is 2.46. The van der Waals surface area contributed by atoms with Crippen LogP contribution in [0.15, 0.2) is 12.2 Å². The van der Waals surface area contributed by atoms with Gasteiger partial charge in [0.2, 0.25) is 0 Å². The molecule has 0 fully saturated rings. The van der Waals surface area contributed by atoms with Crippen molar-refractivity contribution < 1.29 is 45.0 Å². The van der Waals surface area contributed by atoms with E-state index >= 15 is 0 Å². The molecule has 0 amide bonds. The van der Waals surface area contributed by atoms with E-state index in [9.17, 15) is 35.5 Å². The van der Waals surface area contributed by atoms with Gasteiger partial charge in [-0.3, -0.25) is 0 Å². The molecule has 0 spiro atoms. The minimum absolute atomic E-state index is 0.104. The lowest BCUT2D eigenvalue weighted by atomic mass is 10.3. The molecule has 0 aliphatic carbocycles. The molecular weight excluding hydrogens is 289 g/mol. The van der Waals surface area contributed by atoms with Crippen molar-refractivity contribution in [1.29, 1.82) is 0 Å². The molecule has 0 heterocycles. The summed E-state index contributed by atoms with van der Waals surface area (Å²) in [4.78, 5) is 10.7. The van der Waals surface area contributed by atoms with Gasteiger partial charge in [0.05, 0.1) is 6.61 Å². The molecule has 19 heavy (non-hydrogen) atoms. The summed E-state index contributed by atoms with van der Waals surface area (Å²) in [6.07, 6.45) is -12.2. The molecule has 0 atom stereocenters. The fourth-order valence-corrected chi connectivity index (χ4v) is 0.683. The summed E-state index contributed by atoms with van der Waals surface area (Å²) in [5, 5.41) is 0. The van der Waals surface area contributed by atoms with Crippen LogP contribution in [0.25, 0.3) is 0 Å². The molecule has 0 N–H and O–H groups in total. The van der Waals surface area contributed by atoms with E-state index in [0.717, 1.165) is 0 Å². The van der Waals surface area contributed by atoms with E-state index in [2.05, 4.69) is 16.1 Å². The SMILES string of the molecule is C=C(C)C(=O)OCCOC(F)(F)C(F)(F)C(F)(F)F. The Morgan fingerprint density at radius 1 is 1.05 bits per heavy atom. The van der Waals surface area contributed by atoms with E-state index in [-0.39, 0.29) is 5.57 Å². The molecule has 0 aromatic heterocycles. The van der Waals surface area contributed by atoms with Crippen molar-refractivity contribution in [3.63, 3.8) is 0 Å². The Morgan fingerprint density at radius 3 is 1.89 bits per heavy atom. The van der Waals surface area contributed by atoms with Crippen LogP contribution in [-0.2, 0) is 14.3 Å². The fourth-order valence-electron chi connectivity index (χ4n) is 0.683. The molecule has 0 aromatic carbocycles. The zero-order chi connectivity index (χ0) is 15.5. The summed E-state index contributed by atoms with van der Waals surface area (Å²) < 4.78 is 92.0. The van der Waals surface area contributed by atoms with Crippen molar-refractivity contribution in [1.82, 2.24) is 0 Å². The van der Waals surface area contributed by atoms with Crippen molar-refractivity contribution in [2.75, 3.05) is 13.2 Å². The third-order valence-corrected chi connectivity index (χ3v) is 1.67. The summed E-state index contributed by atoms with van der Waals surface area (Å²) in [6, 6.07) is 0. The molecule has 0 saturated carbocycles. The predicted octanol–water partition coefficient (Wildman–Crippen LogP) is 2.91. The number of alkyl halides is 7. The first-order valence-electron chi connectivity index (χ1n) is 4.62. The zero-order valence-corrected chi connectivity index (χ0v) is 9.49. The average Bonchev–Trinajstić information content (AvgIpc) is 2.21. The van der Waals surface area contributed by atoms with Crippen LogP contribution in [0, 0.1) is 0 Å². The number of hydrogen-bond acceptors (Lipinski definition) is 3. The number of halogens is 7. The lowest BCUT2D eigenvalue weighted by Crippen LogP contribution is -2.53. The Labute approximate surface area is 103 Å². The second-order valence-corrected chi connectivity index (χ2v) is 3.35. The van der Waals surface area contributed by atoms with Crippen LogP contribution >= 0.6 is 0 Å². The zero-order valence-electron chi connectivity index (χ0n) is 9.49. The molecule has 0 radical (unpaired) electrons. The monoisotopic (exact) mass is 298 g/mol. The standard InChI is InChI=1S/C9H9F7O3/c1-5(2)6(17)18-3-4-19-9(15,16)7(10,11)8(12,13)14/h1,3-4H2,2H3. The van der Waals surface area contributed by atoms with Gasteiger partial charge in [0.25, 0.3) is 0 Å². The summed E-state index contributed by atoms with van der Waals surface area (Å²) >= 11 is 0. The summed E-state index contributed by atoms with van der Waals surface area (Å²) in [5.74, 6) is -7.37. The van der Waals surface area contributed by atoms with Crippen molar-refractivity contribution in [3.8, 4) is 0 Å². The lowest BCUT2D eigenvalue weighted by Gasteiger charge is -2.27. The van der Waals surface area contributed by atoms with Crippen LogP contribution in [0.4, 0.5) is 30.7 Å². The third-order valence-electron chi connectivity index (χ3n) is 1.67. The van der Waals surface area contributed by atoms with E-state index in [1.165, 1.54) is 6.92 Å². The molecule has 0 aromatic rings. The second kappa shape index (κ2) is 5.76. The van der Waals surface area contributed by atoms with Crippen LogP contribution in [0.3, 0.4) is 0 Å². The topological polar surface area (TPSA) is 35.5 Å².